The lowest BCUT2D eigenvalue weighted by Crippen LogP contribution is -2.17. The van der Waals surface area contributed by atoms with Crippen molar-refractivity contribution in [2.45, 2.75) is 26.4 Å². The average Bonchev–Trinajstić information content (AvgIpc) is 2.91. The van der Waals surface area contributed by atoms with Gasteiger partial charge >= 0.3 is 0 Å². The molecule has 1 aromatic heterocycles. The summed E-state index contributed by atoms with van der Waals surface area (Å²) >= 11 is 1.62. The van der Waals surface area contributed by atoms with Gasteiger partial charge in [-0.25, -0.2) is 0 Å². The predicted octanol–water partition coefficient (Wildman–Crippen LogP) is 2.66. The topological polar surface area (TPSA) is 47.0 Å². The first-order valence-electron chi connectivity index (χ1n) is 6.58. The number of ether oxygens (including phenoxy) is 1. The number of benzene rings is 1. The third-order valence-electron chi connectivity index (χ3n) is 2.56. The molecule has 2 aromatic rings. The molecule has 2 rings (SSSR count). The van der Waals surface area contributed by atoms with Gasteiger partial charge in [0.15, 0.2) is 5.01 Å². The molecule has 0 aliphatic rings. The van der Waals surface area contributed by atoms with Crippen LogP contribution in [0, 0.1) is 0 Å². The number of aromatic nitrogens is 2. The van der Waals surface area contributed by atoms with E-state index < -0.39 is 0 Å². The molecule has 5 heteroatoms. The number of nitrogens with zero attached hydrogens (tertiary/aromatic N) is 2. The number of rotatable bonds is 8. The minimum absolute atomic E-state index is 0.490. The van der Waals surface area contributed by atoms with E-state index in [4.69, 9.17) is 4.74 Å². The van der Waals surface area contributed by atoms with Gasteiger partial charge in [-0.2, -0.15) is 0 Å². The highest BCUT2D eigenvalue weighted by atomic mass is 32.1. The van der Waals surface area contributed by atoms with E-state index in [2.05, 4.69) is 22.4 Å². The van der Waals surface area contributed by atoms with Crippen LogP contribution in [0.5, 0.6) is 5.75 Å². The van der Waals surface area contributed by atoms with Crippen molar-refractivity contribution in [3.05, 3.63) is 40.3 Å². The Balaban J connectivity index is 1.74. The van der Waals surface area contributed by atoms with Gasteiger partial charge in [-0.15, -0.1) is 10.2 Å². The molecule has 0 spiro atoms. The summed E-state index contributed by atoms with van der Waals surface area (Å²) in [6, 6.07) is 9.77. The van der Waals surface area contributed by atoms with E-state index in [-0.39, 0.29) is 0 Å². The van der Waals surface area contributed by atoms with E-state index in [0.717, 1.165) is 41.7 Å². The molecule has 0 bridgehead atoms. The van der Waals surface area contributed by atoms with Gasteiger partial charge in [-0.05, 0) is 25.1 Å². The van der Waals surface area contributed by atoms with Gasteiger partial charge in [-0.1, -0.05) is 36.5 Å². The lowest BCUT2D eigenvalue weighted by molar-refractivity contribution is 0.304. The Labute approximate surface area is 117 Å². The monoisotopic (exact) mass is 277 g/mol. The molecule has 0 radical (unpaired) electrons. The fourth-order valence-corrected chi connectivity index (χ4v) is 2.36. The van der Waals surface area contributed by atoms with Crippen LogP contribution in [0.25, 0.3) is 0 Å². The van der Waals surface area contributed by atoms with Gasteiger partial charge in [0.05, 0.1) is 0 Å². The highest BCUT2D eigenvalue weighted by Gasteiger charge is 2.04. The summed E-state index contributed by atoms with van der Waals surface area (Å²) in [5, 5.41) is 13.7. The van der Waals surface area contributed by atoms with Gasteiger partial charge < -0.3 is 10.1 Å². The molecule has 0 saturated heterocycles. The Kier molecular flexibility index (Phi) is 5.78. The minimum atomic E-state index is 0.490. The van der Waals surface area contributed by atoms with Gasteiger partial charge in [0.2, 0.25) is 0 Å². The van der Waals surface area contributed by atoms with Gasteiger partial charge in [0.25, 0.3) is 0 Å². The zero-order valence-corrected chi connectivity index (χ0v) is 11.9. The maximum atomic E-state index is 5.64. The van der Waals surface area contributed by atoms with Crippen molar-refractivity contribution in [2.75, 3.05) is 13.1 Å². The first kappa shape index (κ1) is 14.0. The van der Waals surface area contributed by atoms with Crippen LogP contribution in [0.3, 0.4) is 0 Å². The SMILES string of the molecule is CCCNCCc1nnc(COc2ccccc2)s1. The highest BCUT2D eigenvalue weighted by Crippen LogP contribution is 2.14. The Bertz CT molecular complexity index is 473. The maximum Gasteiger partial charge on any atom is 0.155 e. The Hall–Kier alpha value is -1.46. The standard InChI is InChI=1S/C14H19N3OS/c1-2-9-15-10-8-13-16-17-14(19-13)11-18-12-6-4-3-5-7-12/h3-7,15H,2,8-11H2,1H3. The maximum absolute atomic E-state index is 5.64. The molecule has 0 atom stereocenters. The van der Waals surface area contributed by atoms with E-state index >= 15 is 0 Å². The van der Waals surface area contributed by atoms with Gasteiger partial charge in [-0.3, -0.25) is 0 Å². The van der Waals surface area contributed by atoms with Crippen LogP contribution in [0.4, 0.5) is 0 Å². The fraction of sp³-hybridized carbons (Fsp3) is 0.429. The summed E-state index contributed by atoms with van der Waals surface area (Å²) in [7, 11) is 0. The van der Waals surface area contributed by atoms with E-state index in [9.17, 15) is 0 Å². The summed E-state index contributed by atoms with van der Waals surface area (Å²) in [5.74, 6) is 0.865. The zero-order valence-electron chi connectivity index (χ0n) is 11.1. The summed E-state index contributed by atoms with van der Waals surface area (Å²) in [5.41, 5.74) is 0. The van der Waals surface area contributed by atoms with Crippen molar-refractivity contribution in [1.82, 2.24) is 15.5 Å². The van der Waals surface area contributed by atoms with Crippen molar-refractivity contribution in [1.29, 1.82) is 0 Å². The molecule has 0 aliphatic carbocycles. The third-order valence-corrected chi connectivity index (χ3v) is 3.51. The predicted molar refractivity (Wildman–Crippen MR) is 77.5 cm³/mol. The molecule has 0 unspecified atom stereocenters. The molecular formula is C14H19N3OS. The smallest absolute Gasteiger partial charge is 0.155 e. The largest absolute Gasteiger partial charge is 0.486 e. The van der Waals surface area contributed by atoms with E-state index in [1.807, 2.05) is 30.3 Å². The molecule has 0 fully saturated rings. The second-order valence-electron chi connectivity index (χ2n) is 4.19. The lowest BCUT2D eigenvalue weighted by atomic mass is 10.3. The van der Waals surface area contributed by atoms with E-state index in [0.29, 0.717) is 6.61 Å². The number of hydrogen-bond donors (Lipinski definition) is 1. The first-order valence-corrected chi connectivity index (χ1v) is 7.40. The van der Waals surface area contributed by atoms with Crippen molar-refractivity contribution in [3.8, 4) is 5.75 Å². The molecule has 1 aromatic carbocycles. The molecule has 1 N–H and O–H groups in total. The molecular weight excluding hydrogens is 258 g/mol. The van der Waals surface area contributed by atoms with Crippen molar-refractivity contribution >= 4 is 11.3 Å². The van der Waals surface area contributed by atoms with Crippen LogP contribution in [-0.4, -0.2) is 23.3 Å². The van der Waals surface area contributed by atoms with Crippen molar-refractivity contribution in [2.24, 2.45) is 0 Å². The molecule has 0 aliphatic heterocycles. The van der Waals surface area contributed by atoms with Crippen LogP contribution in [-0.2, 0) is 13.0 Å². The van der Waals surface area contributed by atoms with Crippen LogP contribution in [0.2, 0.25) is 0 Å². The van der Waals surface area contributed by atoms with Crippen molar-refractivity contribution in [3.63, 3.8) is 0 Å². The van der Waals surface area contributed by atoms with Crippen LogP contribution >= 0.6 is 11.3 Å². The minimum Gasteiger partial charge on any atom is -0.486 e. The van der Waals surface area contributed by atoms with Crippen LogP contribution in [0.1, 0.15) is 23.4 Å². The molecule has 0 amide bonds. The Morgan fingerprint density at radius 1 is 1.11 bits per heavy atom. The zero-order chi connectivity index (χ0) is 13.3. The van der Waals surface area contributed by atoms with Gasteiger partial charge in [0, 0.05) is 13.0 Å². The summed E-state index contributed by atoms with van der Waals surface area (Å²) < 4.78 is 5.64. The second kappa shape index (κ2) is 7.86. The number of hydrogen-bond acceptors (Lipinski definition) is 5. The van der Waals surface area contributed by atoms with Crippen molar-refractivity contribution < 1.29 is 4.74 Å². The molecule has 19 heavy (non-hydrogen) atoms. The fourth-order valence-electron chi connectivity index (χ4n) is 1.61. The molecule has 4 nitrogen and oxygen atoms in total. The third kappa shape index (κ3) is 4.96. The molecule has 0 saturated carbocycles. The number of para-hydroxylation sites is 1. The summed E-state index contributed by atoms with van der Waals surface area (Å²) in [4.78, 5) is 0. The quantitative estimate of drug-likeness (QED) is 0.754. The Morgan fingerprint density at radius 3 is 2.68 bits per heavy atom. The Morgan fingerprint density at radius 2 is 1.89 bits per heavy atom. The second-order valence-corrected chi connectivity index (χ2v) is 5.34. The molecule has 1 heterocycles. The lowest BCUT2D eigenvalue weighted by Gasteiger charge is -2.01. The molecule has 102 valence electrons. The first-order chi connectivity index (χ1) is 9.38. The average molecular weight is 277 g/mol. The van der Waals surface area contributed by atoms with Gasteiger partial charge in [0.1, 0.15) is 17.4 Å². The normalized spacial score (nSPS) is 10.6. The summed E-state index contributed by atoms with van der Waals surface area (Å²) in [6.07, 6.45) is 2.09. The van der Waals surface area contributed by atoms with E-state index in [1.54, 1.807) is 11.3 Å². The van der Waals surface area contributed by atoms with Crippen LogP contribution in [0.15, 0.2) is 30.3 Å². The van der Waals surface area contributed by atoms with E-state index in [1.165, 1.54) is 0 Å². The highest BCUT2D eigenvalue weighted by molar-refractivity contribution is 7.11. The number of nitrogens with one attached hydrogen (secondary N) is 1. The summed E-state index contributed by atoms with van der Waals surface area (Å²) in [6.45, 7) is 4.67. The van der Waals surface area contributed by atoms with Crippen LogP contribution < -0.4 is 10.1 Å².